The van der Waals surface area contributed by atoms with Gasteiger partial charge in [-0.15, -0.1) is 0 Å². The van der Waals surface area contributed by atoms with Gasteiger partial charge in [0, 0.05) is 223 Å². The SMILES string of the molecule is CC(N)=O.CCCCCCC(C)=O.CCCCCCC(C)=O.CCCCCCC(C)=O.[B][B]B([B])B([B])[B]B([B])[B].[U].[U].[U].[U]. The third-order valence-corrected chi connectivity index (χ3v) is 5.26. The topological polar surface area (TPSA) is 94.3 Å². The molecule has 0 saturated carbocycles. The molecule has 0 atom stereocenters. The third-order valence-electron chi connectivity index (χ3n) is 5.26. The van der Waals surface area contributed by atoms with Crippen molar-refractivity contribution in [1.82, 2.24) is 0 Å². The van der Waals surface area contributed by atoms with Crippen LogP contribution in [0.2, 0.25) is 0 Å². The molecule has 2 N–H and O–H groups in total. The average Bonchev–Trinajstić information content (AvgIpc) is 2.87. The van der Waals surface area contributed by atoms with Crippen molar-refractivity contribution in [1.29, 1.82) is 0 Å². The van der Waals surface area contributed by atoms with Gasteiger partial charge in [-0.25, -0.2) is 0 Å². The van der Waals surface area contributed by atoms with Crippen LogP contribution in [-0.2, 0) is 19.2 Å². The molecule has 0 fully saturated rings. The molecule has 0 aliphatic carbocycles. The average molecular weight is 1500 g/mol. The van der Waals surface area contributed by atoms with Crippen LogP contribution in [0.5, 0.6) is 0 Å². The summed E-state index contributed by atoms with van der Waals surface area (Å²) in [5.41, 5.74) is 4.47. The fourth-order valence-electron chi connectivity index (χ4n) is 2.92. The fourth-order valence-corrected chi connectivity index (χ4v) is 2.92. The van der Waals surface area contributed by atoms with Crippen molar-refractivity contribution >= 4 is 95.2 Å². The van der Waals surface area contributed by atoms with Crippen molar-refractivity contribution in [2.75, 3.05) is 0 Å². The molecule has 19 heteroatoms. The molecule has 12 radical (unpaired) electrons. The first-order valence-corrected chi connectivity index (χ1v) is 15.3. The predicted molar refractivity (Wildman–Crippen MR) is 191 cm³/mol. The first kappa shape index (κ1) is 70.0. The van der Waals surface area contributed by atoms with Crippen molar-refractivity contribution in [2.24, 2.45) is 5.73 Å². The number of ketones is 3. The second-order valence-corrected chi connectivity index (χ2v) is 10.3. The molecule has 232 valence electrons. The summed E-state index contributed by atoms with van der Waals surface area (Å²) in [7, 11) is 29.3. The van der Waals surface area contributed by atoms with Crippen LogP contribution in [0.4, 0.5) is 0 Å². The maximum atomic E-state index is 10.4. The van der Waals surface area contributed by atoms with Crippen LogP contribution in [-0.4, -0.2) is 95.2 Å². The van der Waals surface area contributed by atoms with E-state index < -0.39 is 6.39 Å². The number of rotatable bonds is 19. The normalized spacial score (nSPS) is 8.07. The maximum Gasteiger partial charge on any atom is 0.214 e. The number of primary amides is 1. The van der Waals surface area contributed by atoms with E-state index in [-0.39, 0.29) is 143 Å². The second-order valence-electron chi connectivity index (χ2n) is 10.3. The molecule has 0 aromatic heterocycles. The van der Waals surface area contributed by atoms with Crippen LogP contribution in [0, 0.1) is 124 Å². The summed E-state index contributed by atoms with van der Waals surface area (Å²) in [6.45, 7) is 12.8. The van der Waals surface area contributed by atoms with E-state index in [1.807, 2.05) is 0 Å². The van der Waals surface area contributed by atoms with Crippen molar-refractivity contribution in [3.63, 3.8) is 0 Å². The Bertz CT molecular complexity index is 566. The molecule has 0 bridgehead atoms. The molecule has 0 aromatic carbocycles. The van der Waals surface area contributed by atoms with E-state index >= 15 is 0 Å². The molecule has 0 aliphatic rings. The molecular weight excluding hydrogens is 1450 g/mol. The summed E-state index contributed by atoms with van der Waals surface area (Å²) in [6, 6.07) is 0. The summed E-state index contributed by atoms with van der Waals surface area (Å²) in [4.78, 5) is 40.4. The van der Waals surface area contributed by atoms with E-state index in [1.165, 1.54) is 78.8 Å². The zero-order valence-corrected chi connectivity index (χ0v) is 46.2. The molecule has 45 heavy (non-hydrogen) atoms. The number of carbonyl (C=O) groups excluding carboxylic acids is 4. The van der Waals surface area contributed by atoms with E-state index in [2.05, 4.69) is 26.5 Å². The number of hydrogen-bond donors (Lipinski definition) is 1. The maximum absolute atomic E-state index is 10.4. The smallest absolute Gasteiger partial charge is 0.214 e. The van der Waals surface area contributed by atoms with Gasteiger partial charge in [-0.05, 0) is 40.0 Å². The standard InChI is InChI=1S/3C8H16O.C2H5NO.B10.4U/c3*1-3-4-5-6-7-8(2)9;1-2(3)4;1-6-9(4)10(5)7-8(2)3;;;;/h3*3-7H2,1-2H3;1H3,(H2,3,4);;;;;. The van der Waals surface area contributed by atoms with Crippen LogP contribution < -0.4 is 5.73 Å². The number of Topliss-reactive ketones (excluding diaryl/α,β-unsaturated/α-hetero) is 3. The van der Waals surface area contributed by atoms with Gasteiger partial charge in [0.2, 0.25) is 5.91 Å². The molecule has 1 amide bonds. The van der Waals surface area contributed by atoms with Gasteiger partial charge >= 0.3 is 0 Å². The zero-order chi connectivity index (χ0) is 33.1. The van der Waals surface area contributed by atoms with Crippen molar-refractivity contribution in [3.05, 3.63) is 0 Å². The van der Waals surface area contributed by atoms with Crippen LogP contribution in [0.15, 0.2) is 0 Å². The third kappa shape index (κ3) is 99.1. The minimum atomic E-state index is -0.541. The van der Waals surface area contributed by atoms with Crippen molar-refractivity contribution in [3.8, 4) is 0 Å². The molecular formula is C26H53B10NO4U4. The van der Waals surface area contributed by atoms with Crippen LogP contribution in [0.1, 0.15) is 145 Å². The molecule has 0 aliphatic heterocycles. The molecule has 0 saturated heterocycles. The Balaban J connectivity index is -0.0000000513. The minimum absolute atomic E-state index is 0. The first-order valence-electron chi connectivity index (χ1n) is 15.3. The summed E-state index contributed by atoms with van der Waals surface area (Å²) in [5.74, 6) is 0.642. The van der Waals surface area contributed by atoms with Gasteiger partial charge < -0.3 is 20.1 Å². The number of carbonyl (C=O) groups is 4. The zero-order valence-electron chi connectivity index (χ0n) is 29.6. The van der Waals surface area contributed by atoms with Gasteiger partial charge in [0.1, 0.15) is 17.3 Å². The van der Waals surface area contributed by atoms with Crippen molar-refractivity contribution < 1.29 is 144 Å². The van der Waals surface area contributed by atoms with Crippen LogP contribution in [0.25, 0.3) is 0 Å². The Labute approximate surface area is 383 Å². The Morgan fingerprint density at radius 3 is 0.933 bits per heavy atom. The van der Waals surface area contributed by atoms with Gasteiger partial charge in [0.25, 0.3) is 0 Å². The van der Waals surface area contributed by atoms with Crippen molar-refractivity contribution in [2.45, 2.75) is 145 Å². The van der Waals surface area contributed by atoms with E-state index in [1.54, 1.807) is 20.8 Å². The molecule has 0 rings (SSSR count). The van der Waals surface area contributed by atoms with Crippen LogP contribution >= 0.6 is 0 Å². The number of nitrogens with two attached hydrogens (primary N) is 1. The van der Waals surface area contributed by atoms with E-state index in [0.29, 0.717) is 17.3 Å². The molecule has 0 unspecified atom stereocenters. The van der Waals surface area contributed by atoms with Gasteiger partial charge in [-0.2, -0.15) is 0 Å². The Kier molecular flexibility index (Phi) is 92.5. The Hall–Kier alpha value is 3.34. The Morgan fingerprint density at radius 1 is 0.533 bits per heavy atom. The monoisotopic (exact) mass is 1510 g/mol. The quantitative estimate of drug-likeness (QED) is 0.159. The number of amides is 1. The summed E-state index contributed by atoms with van der Waals surface area (Å²) in [6.07, 6.45) is 15.5. The minimum Gasteiger partial charge on any atom is -0.370 e. The summed E-state index contributed by atoms with van der Waals surface area (Å²) in [5, 5.41) is 0. The van der Waals surface area contributed by atoms with Gasteiger partial charge in [-0.1, -0.05) is 78.6 Å². The number of unbranched alkanes of at least 4 members (excludes halogenated alkanes) is 9. The second kappa shape index (κ2) is 59.5. The predicted octanol–water partition coefficient (Wildman–Crippen LogP) is 3.32. The van der Waals surface area contributed by atoms with Crippen LogP contribution in [0.3, 0.4) is 0 Å². The summed E-state index contributed by atoms with van der Waals surface area (Å²) >= 11 is 0. The summed E-state index contributed by atoms with van der Waals surface area (Å²) < 4.78 is 0. The van der Waals surface area contributed by atoms with E-state index in [4.69, 9.17) is 38.7 Å². The molecule has 0 spiro atoms. The molecule has 0 heterocycles. The van der Waals surface area contributed by atoms with E-state index in [0.717, 1.165) is 38.5 Å². The molecule has 0 aromatic rings. The van der Waals surface area contributed by atoms with Gasteiger partial charge in [0.15, 0.2) is 0 Å². The first-order chi connectivity index (χ1) is 19.1. The Morgan fingerprint density at radius 2 is 0.778 bits per heavy atom. The largest absolute Gasteiger partial charge is 0.370 e. The fraction of sp³-hybridized carbons (Fsp3) is 0.846. The number of hydrogen-bond acceptors (Lipinski definition) is 4. The van der Waals surface area contributed by atoms with E-state index in [9.17, 15) is 19.2 Å². The van der Waals surface area contributed by atoms with Gasteiger partial charge in [-0.3, -0.25) is 4.79 Å². The van der Waals surface area contributed by atoms with Gasteiger partial charge in [0.05, 0.1) is 0 Å². The molecule has 5 nitrogen and oxygen atoms in total.